The first-order chi connectivity index (χ1) is 12.1. The van der Waals surface area contributed by atoms with Crippen molar-refractivity contribution in [1.29, 1.82) is 0 Å². The van der Waals surface area contributed by atoms with Gasteiger partial charge in [-0.05, 0) is 22.9 Å². The number of carbonyl (C=O) groups is 2. The fourth-order valence-electron chi connectivity index (χ4n) is 3.41. The summed E-state index contributed by atoms with van der Waals surface area (Å²) < 4.78 is 0. The van der Waals surface area contributed by atoms with Crippen LogP contribution in [0.15, 0.2) is 36.5 Å². The molecule has 9 heteroatoms. The zero-order valence-electron chi connectivity index (χ0n) is 13.8. The van der Waals surface area contributed by atoms with Crippen LogP contribution in [-0.4, -0.2) is 21.7 Å². The Morgan fingerprint density at radius 2 is 1.81 bits per heavy atom. The molecule has 3 heterocycles. The minimum absolute atomic E-state index is 0. The van der Waals surface area contributed by atoms with Crippen LogP contribution in [0, 0.1) is 17.5 Å². The van der Waals surface area contributed by atoms with Crippen LogP contribution in [0.5, 0.6) is 0 Å². The summed E-state index contributed by atoms with van der Waals surface area (Å²) >= 11 is 0. The molecule has 4 aromatic rings. The standard InChI is InChI=1S/C17H8N4O4.CH3.Ru/c22-16-12-9-2-1-5-18-14(9)15-11(13(12)17(23)20-16)8-4-3-7(21(24)25)6-10(8)19-15;;/h1-6H,(H2,18,19,20,22,23);1H3;/q;-1;+2/p-1. The zero-order chi connectivity index (χ0) is 17.3. The second-order valence-electron chi connectivity index (χ2n) is 5.73. The molecule has 2 aromatic carbocycles. The number of non-ortho nitro benzene ring substituents is 1. The summed E-state index contributed by atoms with van der Waals surface area (Å²) in [6.45, 7) is 0. The van der Waals surface area contributed by atoms with E-state index in [0.29, 0.717) is 32.7 Å². The molecule has 0 saturated carbocycles. The molecule has 0 fully saturated rings. The average molecular weight is 447 g/mol. The summed E-state index contributed by atoms with van der Waals surface area (Å²) in [5, 5.41) is 14.9. The summed E-state index contributed by atoms with van der Waals surface area (Å²) in [6, 6.07) is 7.64. The van der Waals surface area contributed by atoms with E-state index in [9.17, 15) is 19.7 Å². The molecule has 0 unspecified atom stereocenters. The second-order valence-corrected chi connectivity index (χ2v) is 5.73. The number of fused-ring (bicyclic) bond motifs is 8. The van der Waals surface area contributed by atoms with Gasteiger partial charge in [0.2, 0.25) is 0 Å². The number of carbonyl (C=O) groups excluding carboxylic acids is 2. The maximum absolute atomic E-state index is 12.4. The predicted molar refractivity (Wildman–Crippen MR) is 94.9 cm³/mol. The van der Waals surface area contributed by atoms with Gasteiger partial charge in [-0.2, -0.15) is 0 Å². The normalized spacial score (nSPS) is 12.6. The maximum Gasteiger partial charge on any atom is 2.00 e. The van der Waals surface area contributed by atoms with Crippen LogP contribution < -0.4 is 10.3 Å². The van der Waals surface area contributed by atoms with Crippen molar-refractivity contribution in [2.45, 2.75) is 0 Å². The number of pyridine rings is 1. The van der Waals surface area contributed by atoms with E-state index in [0.717, 1.165) is 0 Å². The van der Waals surface area contributed by atoms with Crippen LogP contribution in [0.2, 0.25) is 0 Å². The Balaban J connectivity index is 0.00000105. The average Bonchev–Trinajstić information content (AvgIpc) is 3.12. The molecular weight excluding hydrogens is 437 g/mol. The quantitative estimate of drug-likeness (QED) is 0.158. The van der Waals surface area contributed by atoms with E-state index >= 15 is 0 Å². The number of imide groups is 1. The fourth-order valence-corrected chi connectivity index (χ4v) is 3.41. The first-order valence-corrected chi connectivity index (χ1v) is 7.37. The number of hydrogen-bond acceptors (Lipinski definition) is 5. The molecule has 1 aliphatic heterocycles. The monoisotopic (exact) mass is 448 g/mol. The minimum atomic E-state index is -0.504. The molecule has 8 nitrogen and oxygen atoms in total. The molecule has 0 spiro atoms. The van der Waals surface area contributed by atoms with Gasteiger partial charge in [-0.15, -0.1) is 11.0 Å². The largest absolute Gasteiger partial charge is 2.00 e. The number of benzene rings is 2. The molecule has 0 aliphatic carbocycles. The van der Waals surface area contributed by atoms with Gasteiger partial charge < -0.3 is 12.4 Å². The van der Waals surface area contributed by atoms with Crippen molar-refractivity contribution in [2.24, 2.45) is 0 Å². The van der Waals surface area contributed by atoms with E-state index < -0.39 is 16.7 Å². The van der Waals surface area contributed by atoms with E-state index in [4.69, 9.17) is 0 Å². The molecule has 27 heavy (non-hydrogen) atoms. The van der Waals surface area contributed by atoms with Gasteiger partial charge in [0.25, 0.3) is 17.5 Å². The number of amides is 2. The van der Waals surface area contributed by atoms with Crippen molar-refractivity contribution in [1.82, 2.24) is 15.3 Å². The van der Waals surface area contributed by atoms with E-state index in [-0.39, 0.29) is 43.7 Å². The Morgan fingerprint density at radius 1 is 1.07 bits per heavy atom. The van der Waals surface area contributed by atoms with Crippen LogP contribution >= 0.6 is 0 Å². The topological polar surface area (TPSA) is 116 Å². The number of nitrogens with one attached hydrogen (secondary N) is 1. The Morgan fingerprint density at radius 3 is 2.56 bits per heavy atom. The van der Waals surface area contributed by atoms with Crippen LogP contribution in [-0.2, 0) is 19.5 Å². The smallest absolute Gasteiger partial charge is 0.655 e. The minimum Gasteiger partial charge on any atom is -0.655 e. The fraction of sp³-hybridized carbons (Fsp3) is 0. The third-order valence-corrected chi connectivity index (χ3v) is 4.41. The first kappa shape index (κ1) is 18.6. The molecule has 1 aliphatic rings. The Bertz CT molecular complexity index is 1300. The molecule has 0 bridgehead atoms. The maximum atomic E-state index is 12.4. The molecule has 0 radical (unpaired) electrons. The summed E-state index contributed by atoms with van der Waals surface area (Å²) in [5.41, 5.74) is 1.75. The van der Waals surface area contributed by atoms with Gasteiger partial charge in [-0.1, -0.05) is 6.07 Å². The molecule has 0 atom stereocenters. The van der Waals surface area contributed by atoms with Gasteiger partial charge >= 0.3 is 19.5 Å². The van der Waals surface area contributed by atoms with E-state index in [1.807, 2.05) is 0 Å². The Hall–Kier alpha value is -3.19. The SMILES string of the molecule is O=C1NC(=O)c2c1c1cccnc1c1[n-]c3cc([N+](=O)[O-])ccc3c21.[CH3-].[Ru+2]. The van der Waals surface area contributed by atoms with Gasteiger partial charge in [0.1, 0.15) is 0 Å². The van der Waals surface area contributed by atoms with Gasteiger partial charge in [0.15, 0.2) is 0 Å². The van der Waals surface area contributed by atoms with Crippen LogP contribution in [0.3, 0.4) is 0 Å². The van der Waals surface area contributed by atoms with Crippen molar-refractivity contribution < 1.29 is 34.0 Å². The molecular formula is C18H10N4O4Ru. The van der Waals surface area contributed by atoms with Crippen LogP contribution in [0.4, 0.5) is 5.69 Å². The number of nitro benzene ring substituents is 1. The molecule has 2 aromatic heterocycles. The second kappa shape index (κ2) is 6.21. The van der Waals surface area contributed by atoms with Crippen molar-refractivity contribution in [3.05, 3.63) is 65.2 Å². The van der Waals surface area contributed by atoms with Gasteiger partial charge in [-0.3, -0.25) is 30.0 Å². The van der Waals surface area contributed by atoms with Crippen molar-refractivity contribution in [2.75, 3.05) is 0 Å². The summed E-state index contributed by atoms with van der Waals surface area (Å²) in [6.07, 6.45) is 1.57. The van der Waals surface area contributed by atoms with E-state index in [1.165, 1.54) is 12.1 Å². The van der Waals surface area contributed by atoms with Gasteiger partial charge in [0, 0.05) is 23.7 Å². The third-order valence-electron chi connectivity index (χ3n) is 4.41. The molecule has 134 valence electrons. The Labute approximate surface area is 164 Å². The van der Waals surface area contributed by atoms with E-state index in [2.05, 4.69) is 15.3 Å². The summed E-state index contributed by atoms with van der Waals surface area (Å²) in [7, 11) is 0. The van der Waals surface area contributed by atoms with Crippen molar-refractivity contribution >= 4 is 50.2 Å². The number of nitro groups is 1. The molecule has 5 rings (SSSR count). The van der Waals surface area contributed by atoms with Gasteiger partial charge in [0.05, 0.1) is 21.6 Å². The van der Waals surface area contributed by atoms with Crippen molar-refractivity contribution in [3.63, 3.8) is 0 Å². The number of aromatic nitrogens is 2. The van der Waals surface area contributed by atoms with Crippen LogP contribution in [0.25, 0.3) is 32.7 Å². The molecule has 2 amide bonds. The van der Waals surface area contributed by atoms with Crippen LogP contribution in [0.1, 0.15) is 20.7 Å². The third kappa shape index (κ3) is 2.35. The summed E-state index contributed by atoms with van der Waals surface area (Å²) in [5.74, 6) is -0.973. The Kier molecular flexibility index (Phi) is 4.28. The zero-order valence-corrected chi connectivity index (χ0v) is 15.5. The molecule has 1 N–H and O–H groups in total. The number of rotatable bonds is 1. The predicted octanol–water partition coefficient (Wildman–Crippen LogP) is 2.74. The van der Waals surface area contributed by atoms with Crippen molar-refractivity contribution in [3.8, 4) is 0 Å². The summed E-state index contributed by atoms with van der Waals surface area (Å²) in [4.78, 5) is 43.9. The van der Waals surface area contributed by atoms with E-state index in [1.54, 1.807) is 24.4 Å². The number of hydrogen-bond donors (Lipinski definition) is 1. The van der Waals surface area contributed by atoms with Gasteiger partial charge in [-0.25, -0.2) is 0 Å². The molecule has 0 saturated heterocycles. The number of nitrogens with zero attached hydrogens (tertiary/aromatic N) is 3. The first-order valence-electron chi connectivity index (χ1n) is 7.37.